The van der Waals surface area contributed by atoms with E-state index in [9.17, 15) is 4.79 Å². The summed E-state index contributed by atoms with van der Waals surface area (Å²) in [7, 11) is 0. The number of pyridine rings is 1. The van der Waals surface area contributed by atoms with Crippen LogP contribution in [0.1, 0.15) is 42.3 Å². The van der Waals surface area contributed by atoms with Gasteiger partial charge in [0, 0.05) is 17.1 Å². The van der Waals surface area contributed by atoms with Crippen LogP contribution in [0.5, 0.6) is 0 Å². The Balaban J connectivity index is 0.000000771. The van der Waals surface area contributed by atoms with Gasteiger partial charge in [-0.1, -0.05) is 13.8 Å². The first kappa shape index (κ1) is 14.3. The molecule has 0 saturated carbocycles. The minimum absolute atomic E-state index is 0.0309. The van der Waals surface area contributed by atoms with E-state index < -0.39 is 0 Å². The molecule has 0 saturated heterocycles. The Morgan fingerprint density at radius 1 is 1.28 bits per heavy atom. The largest absolute Gasteiger partial charge is 0.392 e. The van der Waals surface area contributed by atoms with Crippen LogP contribution >= 0.6 is 0 Å². The Bertz CT molecular complexity index is 562. The third-order valence-corrected chi connectivity index (χ3v) is 2.54. The first-order valence-corrected chi connectivity index (χ1v) is 6.13. The van der Waals surface area contributed by atoms with Gasteiger partial charge in [0.05, 0.1) is 12.1 Å². The first-order chi connectivity index (χ1) is 8.61. The Kier molecular flexibility index (Phi) is 4.98. The molecule has 0 fully saturated rings. The fraction of sp³-hybridized carbons (Fsp3) is 0.333. The zero-order valence-electron chi connectivity index (χ0n) is 11.3. The minimum atomic E-state index is -0.0653. The number of carbonyl (C=O) groups is 1. The van der Waals surface area contributed by atoms with Gasteiger partial charge in [-0.05, 0) is 43.2 Å². The first-order valence-electron chi connectivity index (χ1n) is 6.13. The molecule has 1 aromatic heterocycles. The van der Waals surface area contributed by atoms with Crippen LogP contribution in [0.3, 0.4) is 0 Å². The van der Waals surface area contributed by atoms with Crippen LogP contribution in [0.4, 0.5) is 0 Å². The molecule has 0 atom stereocenters. The molecule has 0 aliphatic rings. The van der Waals surface area contributed by atoms with Crippen LogP contribution in [0.25, 0.3) is 10.9 Å². The highest BCUT2D eigenvalue weighted by molar-refractivity contribution is 6.05. The fourth-order valence-corrected chi connectivity index (χ4v) is 1.78. The molecular formula is C15H19NO2. The lowest BCUT2D eigenvalue weighted by Crippen LogP contribution is -1.98. The number of aliphatic hydroxyl groups is 1. The second kappa shape index (κ2) is 6.26. The number of nitrogens with zero attached hydrogens (tertiary/aromatic N) is 1. The number of rotatable bonds is 2. The molecule has 0 radical (unpaired) electrons. The molecule has 1 heterocycles. The van der Waals surface area contributed by atoms with Gasteiger partial charge in [-0.15, -0.1) is 0 Å². The van der Waals surface area contributed by atoms with Gasteiger partial charge < -0.3 is 5.11 Å². The van der Waals surface area contributed by atoms with Crippen molar-refractivity contribution in [3.8, 4) is 0 Å². The van der Waals surface area contributed by atoms with Gasteiger partial charge in [0.2, 0.25) is 0 Å². The number of aromatic nitrogens is 1. The summed E-state index contributed by atoms with van der Waals surface area (Å²) in [5.41, 5.74) is 3.05. The van der Waals surface area contributed by atoms with E-state index >= 15 is 0 Å². The van der Waals surface area contributed by atoms with Gasteiger partial charge in [-0.25, -0.2) is 0 Å². The van der Waals surface area contributed by atoms with Gasteiger partial charge in [0.1, 0.15) is 0 Å². The van der Waals surface area contributed by atoms with Crippen molar-refractivity contribution in [2.75, 3.05) is 0 Å². The maximum Gasteiger partial charge on any atom is 0.162 e. The van der Waals surface area contributed by atoms with Crippen molar-refractivity contribution in [1.29, 1.82) is 0 Å². The van der Waals surface area contributed by atoms with Gasteiger partial charge in [-0.2, -0.15) is 0 Å². The monoisotopic (exact) mass is 245 g/mol. The zero-order valence-corrected chi connectivity index (χ0v) is 11.3. The van der Waals surface area contributed by atoms with Crippen LogP contribution in [0.2, 0.25) is 0 Å². The number of hydrogen-bond donors (Lipinski definition) is 1. The third-order valence-electron chi connectivity index (χ3n) is 2.54. The van der Waals surface area contributed by atoms with Crippen LogP contribution in [0.15, 0.2) is 24.4 Å². The SMILES string of the molecule is CC.CC(=O)c1cc(CO)cc2cc(C)cnc12. The predicted octanol–water partition coefficient (Wildman–Crippen LogP) is 3.26. The number of hydrogen-bond acceptors (Lipinski definition) is 3. The van der Waals surface area contributed by atoms with E-state index in [4.69, 9.17) is 5.11 Å². The van der Waals surface area contributed by atoms with Gasteiger partial charge in [0.15, 0.2) is 5.78 Å². The van der Waals surface area contributed by atoms with Crippen molar-refractivity contribution in [3.63, 3.8) is 0 Å². The molecule has 2 rings (SSSR count). The normalized spacial score (nSPS) is 9.83. The molecule has 1 N–H and O–H groups in total. The molecule has 0 unspecified atom stereocenters. The average molecular weight is 245 g/mol. The minimum Gasteiger partial charge on any atom is -0.392 e. The molecule has 2 aromatic rings. The second-order valence-electron chi connectivity index (χ2n) is 3.94. The highest BCUT2D eigenvalue weighted by Gasteiger charge is 2.09. The standard InChI is InChI=1S/C13H13NO2.C2H6/c1-8-3-11-4-10(7-15)5-12(9(2)16)13(11)14-6-8;1-2/h3-6,15H,7H2,1-2H3;1-2H3. The number of benzene rings is 1. The molecule has 96 valence electrons. The molecule has 0 aliphatic heterocycles. The highest BCUT2D eigenvalue weighted by Crippen LogP contribution is 2.20. The molecule has 0 spiro atoms. The third kappa shape index (κ3) is 2.93. The summed E-state index contributed by atoms with van der Waals surface area (Å²) < 4.78 is 0. The summed E-state index contributed by atoms with van der Waals surface area (Å²) in [6, 6.07) is 5.53. The lowest BCUT2D eigenvalue weighted by molar-refractivity contribution is 0.101. The summed E-state index contributed by atoms with van der Waals surface area (Å²) in [6.07, 6.45) is 1.74. The van der Waals surface area contributed by atoms with Crippen LogP contribution in [-0.4, -0.2) is 15.9 Å². The Hall–Kier alpha value is -1.74. The molecule has 3 nitrogen and oxygen atoms in total. The zero-order chi connectivity index (χ0) is 13.7. The number of fused-ring (bicyclic) bond motifs is 1. The van der Waals surface area contributed by atoms with Crippen molar-refractivity contribution < 1.29 is 9.90 Å². The van der Waals surface area contributed by atoms with E-state index in [1.165, 1.54) is 6.92 Å². The summed E-state index contributed by atoms with van der Waals surface area (Å²) in [5, 5.41) is 10.0. The Morgan fingerprint density at radius 2 is 1.94 bits per heavy atom. The van der Waals surface area contributed by atoms with Crippen molar-refractivity contribution in [2.45, 2.75) is 34.3 Å². The molecule has 1 aromatic carbocycles. The maximum absolute atomic E-state index is 11.5. The quantitative estimate of drug-likeness (QED) is 0.826. The number of ketones is 1. The van der Waals surface area contributed by atoms with Crippen molar-refractivity contribution in [3.05, 3.63) is 41.1 Å². The Morgan fingerprint density at radius 3 is 2.50 bits per heavy atom. The number of aryl methyl sites for hydroxylation is 1. The molecule has 3 heteroatoms. The van der Waals surface area contributed by atoms with Crippen molar-refractivity contribution in [2.24, 2.45) is 0 Å². The molecule has 18 heavy (non-hydrogen) atoms. The lowest BCUT2D eigenvalue weighted by atomic mass is 10.0. The predicted molar refractivity (Wildman–Crippen MR) is 73.8 cm³/mol. The average Bonchev–Trinajstić information content (AvgIpc) is 2.39. The molecular weight excluding hydrogens is 226 g/mol. The molecule has 0 amide bonds. The van der Waals surface area contributed by atoms with E-state index in [-0.39, 0.29) is 12.4 Å². The van der Waals surface area contributed by atoms with E-state index in [0.717, 1.165) is 16.5 Å². The highest BCUT2D eigenvalue weighted by atomic mass is 16.3. The Labute approximate surface area is 107 Å². The van der Waals surface area contributed by atoms with E-state index in [2.05, 4.69) is 4.98 Å². The summed E-state index contributed by atoms with van der Waals surface area (Å²) in [4.78, 5) is 15.8. The van der Waals surface area contributed by atoms with Crippen LogP contribution in [0, 0.1) is 6.92 Å². The molecule has 0 bridgehead atoms. The summed E-state index contributed by atoms with van der Waals surface area (Å²) >= 11 is 0. The summed E-state index contributed by atoms with van der Waals surface area (Å²) in [6.45, 7) is 7.40. The van der Waals surface area contributed by atoms with Gasteiger partial charge in [-0.3, -0.25) is 9.78 Å². The van der Waals surface area contributed by atoms with Crippen molar-refractivity contribution >= 4 is 16.7 Å². The number of carbonyl (C=O) groups excluding carboxylic acids is 1. The topological polar surface area (TPSA) is 50.2 Å². The summed E-state index contributed by atoms with van der Waals surface area (Å²) in [5.74, 6) is -0.0309. The van der Waals surface area contributed by atoms with Gasteiger partial charge >= 0.3 is 0 Å². The van der Waals surface area contributed by atoms with Gasteiger partial charge in [0.25, 0.3) is 0 Å². The second-order valence-corrected chi connectivity index (χ2v) is 3.94. The van der Waals surface area contributed by atoms with E-state index in [1.54, 1.807) is 12.3 Å². The van der Waals surface area contributed by atoms with E-state index in [1.807, 2.05) is 32.9 Å². The lowest BCUT2D eigenvalue weighted by Gasteiger charge is -2.06. The fourth-order valence-electron chi connectivity index (χ4n) is 1.78. The number of aliphatic hydroxyl groups excluding tert-OH is 1. The smallest absolute Gasteiger partial charge is 0.162 e. The van der Waals surface area contributed by atoms with Crippen LogP contribution in [-0.2, 0) is 6.61 Å². The molecule has 0 aliphatic carbocycles. The van der Waals surface area contributed by atoms with Crippen LogP contribution < -0.4 is 0 Å². The van der Waals surface area contributed by atoms with E-state index in [0.29, 0.717) is 11.1 Å². The maximum atomic E-state index is 11.5. The number of Topliss-reactive ketones (excluding diaryl/α,β-unsaturated/α-hetero) is 1. The van der Waals surface area contributed by atoms with Crippen molar-refractivity contribution in [1.82, 2.24) is 4.98 Å².